The molecule has 0 aliphatic heterocycles. The normalized spacial score (nSPS) is 12.2. The molecule has 2 nitrogen and oxygen atoms in total. The second-order valence-corrected chi connectivity index (χ2v) is 6.92. The Bertz CT molecular complexity index is 591. The molecular formula is C16H17BrClNOS. The summed E-state index contributed by atoms with van der Waals surface area (Å²) in [6, 6.07) is 14.5. The van der Waals surface area contributed by atoms with E-state index in [9.17, 15) is 0 Å². The Morgan fingerprint density at radius 2 is 1.95 bits per heavy atom. The maximum atomic E-state index is 6.08. The molecule has 0 saturated carbocycles. The summed E-state index contributed by atoms with van der Waals surface area (Å²) in [7, 11) is 3.60. The largest absolute Gasteiger partial charge is 0.495 e. The Morgan fingerprint density at radius 1 is 1.24 bits per heavy atom. The van der Waals surface area contributed by atoms with E-state index < -0.39 is 0 Å². The van der Waals surface area contributed by atoms with E-state index in [1.54, 1.807) is 7.11 Å². The van der Waals surface area contributed by atoms with Crippen molar-refractivity contribution < 1.29 is 4.74 Å². The number of hydrogen-bond donors (Lipinski definition) is 1. The summed E-state index contributed by atoms with van der Waals surface area (Å²) in [4.78, 5) is 1.25. The molecule has 0 heterocycles. The van der Waals surface area contributed by atoms with Crippen LogP contribution in [0.5, 0.6) is 5.75 Å². The number of nitrogens with one attached hydrogen (secondary N) is 1. The van der Waals surface area contributed by atoms with E-state index in [2.05, 4.69) is 45.5 Å². The first kappa shape index (κ1) is 16.7. The van der Waals surface area contributed by atoms with Crippen LogP contribution in [-0.4, -0.2) is 19.9 Å². The molecule has 2 aromatic rings. The van der Waals surface area contributed by atoms with Crippen molar-refractivity contribution >= 4 is 39.3 Å². The molecule has 112 valence electrons. The topological polar surface area (TPSA) is 21.3 Å². The molecule has 0 aliphatic rings. The molecule has 2 aromatic carbocycles. The fraction of sp³-hybridized carbons (Fsp3) is 0.250. The molecule has 0 spiro atoms. The van der Waals surface area contributed by atoms with Crippen LogP contribution in [-0.2, 0) is 0 Å². The lowest BCUT2D eigenvalue weighted by atomic mass is 10.1. The van der Waals surface area contributed by atoms with Gasteiger partial charge in [-0.05, 0) is 49.0 Å². The highest BCUT2D eigenvalue weighted by Gasteiger charge is 2.12. The van der Waals surface area contributed by atoms with Crippen molar-refractivity contribution in [1.82, 2.24) is 5.32 Å². The number of ether oxygens (including phenoxy) is 1. The van der Waals surface area contributed by atoms with Crippen LogP contribution in [0.1, 0.15) is 11.6 Å². The Labute approximate surface area is 143 Å². The summed E-state index contributed by atoms with van der Waals surface area (Å²) in [6.07, 6.45) is 0. The molecule has 0 fully saturated rings. The van der Waals surface area contributed by atoms with Gasteiger partial charge in [-0.15, -0.1) is 11.8 Å². The predicted molar refractivity (Wildman–Crippen MR) is 94.7 cm³/mol. The Kier molecular flexibility index (Phi) is 6.42. The molecule has 0 saturated heterocycles. The van der Waals surface area contributed by atoms with Crippen molar-refractivity contribution in [2.45, 2.75) is 10.9 Å². The number of rotatable bonds is 6. The summed E-state index contributed by atoms with van der Waals surface area (Å²) < 4.78 is 6.38. The smallest absolute Gasteiger partial charge is 0.137 e. The van der Waals surface area contributed by atoms with Crippen molar-refractivity contribution in [3.05, 3.63) is 57.5 Å². The molecule has 0 bridgehead atoms. The first-order valence-corrected chi connectivity index (χ1v) is 8.68. The average Bonchev–Trinajstić information content (AvgIpc) is 2.51. The van der Waals surface area contributed by atoms with Crippen LogP contribution < -0.4 is 10.1 Å². The Hall–Kier alpha value is -0.680. The van der Waals surface area contributed by atoms with E-state index in [0.717, 1.165) is 10.2 Å². The van der Waals surface area contributed by atoms with Gasteiger partial charge in [-0.3, -0.25) is 0 Å². The van der Waals surface area contributed by atoms with Gasteiger partial charge in [0.2, 0.25) is 0 Å². The van der Waals surface area contributed by atoms with Crippen LogP contribution in [0.4, 0.5) is 0 Å². The minimum atomic E-state index is 0.241. The van der Waals surface area contributed by atoms with E-state index >= 15 is 0 Å². The minimum Gasteiger partial charge on any atom is -0.495 e. The molecule has 2 rings (SSSR count). The van der Waals surface area contributed by atoms with Crippen LogP contribution in [0.15, 0.2) is 51.8 Å². The zero-order valence-corrected chi connectivity index (χ0v) is 15.1. The Balaban J connectivity index is 2.07. The van der Waals surface area contributed by atoms with Crippen molar-refractivity contribution in [2.75, 3.05) is 19.9 Å². The molecule has 0 aliphatic carbocycles. The van der Waals surface area contributed by atoms with Gasteiger partial charge in [-0.1, -0.05) is 33.6 Å². The zero-order chi connectivity index (χ0) is 15.2. The number of benzene rings is 2. The molecule has 0 aromatic heterocycles. The van der Waals surface area contributed by atoms with Crippen LogP contribution in [0.2, 0.25) is 5.02 Å². The predicted octanol–water partition coefficient (Wildman–Crippen LogP) is 5.16. The van der Waals surface area contributed by atoms with Gasteiger partial charge < -0.3 is 10.1 Å². The molecule has 0 amide bonds. The highest BCUT2D eigenvalue weighted by Crippen LogP contribution is 2.30. The zero-order valence-electron chi connectivity index (χ0n) is 11.9. The second kappa shape index (κ2) is 8.08. The van der Waals surface area contributed by atoms with E-state index in [1.165, 1.54) is 10.5 Å². The summed E-state index contributed by atoms with van der Waals surface area (Å²) in [5.41, 5.74) is 1.17. The van der Waals surface area contributed by atoms with Gasteiger partial charge in [-0.2, -0.15) is 0 Å². The molecule has 0 radical (unpaired) electrons. The van der Waals surface area contributed by atoms with Crippen molar-refractivity contribution in [3.63, 3.8) is 0 Å². The molecule has 5 heteroatoms. The fourth-order valence-corrected chi connectivity index (χ4v) is 3.46. The summed E-state index contributed by atoms with van der Waals surface area (Å²) in [6.45, 7) is 0. The van der Waals surface area contributed by atoms with E-state index in [0.29, 0.717) is 10.8 Å². The van der Waals surface area contributed by atoms with E-state index in [4.69, 9.17) is 16.3 Å². The molecular weight excluding hydrogens is 370 g/mol. The van der Waals surface area contributed by atoms with Gasteiger partial charge >= 0.3 is 0 Å². The number of thioether (sulfide) groups is 1. The molecule has 1 N–H and O–H groups in total. The maximum Gasteiger partial charge on any atom is 0.137 e. The SMILES string of the molecule is CNC(CSc1ccc(Br)cc1)c1ccc(Cl)c(OC)c1. The summed E-state index contributed by atoms with van der Waals surface area (Å²) >= 11 is 11.3. The molecule has 1 unspecified atom stereocenters. The van der Waals surface area contributed by atoms with Crippen molar-refractivity contribution in [2.24, 2.45) is 0 Å². The Morgan fingerprint density at radius 3 is 2.57 bits per heavy atom. The van der Waals surface area contributed by atoms with Gasteiger partial charge in [-0.25, -0.2) is 0 Å². The van der Waals surface area contributed by atoms with Crippen molar-refractivity contribution in [1.29, 1.82) is 0 Å². The first-order chi connectivity index (χ1) is 10.1. The van der Waals surface area contributed by atoms with Gasteiger partial charge in [0.15, 0.2) is 0 Å². The lowest BCUT2D eigenvalue weighted by molar-refractivity contribution is 0.414. The molecule has 1 atom stereocenters. The summed E-state index contributed by atoms with van der Waals surface area (Å²) in [5, 5.41) is 3.98. The highest BCUT2D eigenvalue weighted by atomic mass is 79.9. The first-order valence-electron chi connectivity index (χ1n) is 6.53. The number of halogens is 2. The van der Waals surface area contributed by atoms with Crippen molar-refractivity contribution in [3.8, 4) is 5.75 Å². The third kappa shape index (κ3) is 4.65. The lowest BCUT2D eigenvalue weighted by Gasteiger charge is -2.17. The van der Waals surface area contributed by atoms with Gasteiger partial charge in [0.25, 0.3) is 0 Å². The number of methoxy groups -OCH3 is 1. The van der Waals surface area contributed by atoms with Crippen LogP contribution >= 0.6 is 39.3 Å². The van der Waals surface area contributed by atoms with Crippen LogP contribution in [0.3, 0.4) is 0 Å². The summed E-state index contributed by atoms with van der Waals surface area (Å²) in [5.74, 6) is 1.64. The third-order valence-corrected chi connectivity index (χ3v) is 5.10. The third-order valence-electron chi connectivity index (χ3n) is 3.16. The molecule has 21 heavy (non-hydrogen) atoms. The second-order valence-electron chi connectivity index (χ2n) is 4.50. The van der Waals surface area contributed by atoms with E-state index in [1.807, 2.05) is 37.0 Å². The number of hydrogen-bond acceptors (Lipinski definition) is 3. The monoisotopic (exact) mass is 385 g/mol. The van der Waals surface area contributed by atoms with Crippen LogP contribution in [0, 0.1) is 0 Å². The standard InChI is InChI=1S/C16H17BrClNOS/c1-19-15(10-21-13-6-4-12(17)5-7-13)11-3-8-14(18)16(9-11)20-2/h3-9,15,19H,10H2,1-2H3. The highest BCUT2D eigenvalue weighted by molar-refractivity contribution is 9.10. The lowest BCUT2D eigenvalue weighted by Crippen LogP contribution is -2.18. The minimum absolute atomic E-state index is 0.241. The van der Waals surface area contributed by atoms with Gasteiger partial charge in [0.1, 0.15) is 5.75 Å². The van der Waals surface area contributed by atoms with Crippen LogP contribution in [0.25, 0.3) is 0 Å². The van der Waals surface area contributed by atoms with Gasteiger partial charge in [0, 0.05) is 21.2 Å². The van der Waals surface area contributed by atoms with Gasteiger partial charge in [0.05, 0.1) is 12.1 Å². The quantitative estimate of drug-likeness (QED) is 0.693. The fourth-order valence-electron chi connectivity index (χ4n) is 1.95. The maximum absolute atomic E-state index is 6.08. The average molecular weight is 387 g/mol. The van der Waals surface area contributed by atoms with E-state index in [-0.39, 0.29) is 6.04 Å².